The summed E-state index contributed by atoms with van der Waals surface area (Å²) >= 11 is 1.70. The number of aromatic nitrogens is 1. The van der Waals surface area contributed by atoms with Crippen molar-refractivity contribution in [2.45, 2.75) is 11.9 Å². The number of hydrogen-bond donors (Lipinski definition) is 1. The van der Waals surface area contributed by atoms with Gasteiger partial charge in [0.05, 0.1) is 0 Å². The normalized spacial score (nSPS) is 21.3. The number of thioether (sulfide) groups is 1. The number of sulfone groups is 1. The molecule has 0 radical (unpaired) electrons. The van der Waals surface area contributed by atoms with E-state index in [2.05, 4.69) is 10.3 Å². The van der Waals surface area contributed by atoms with Crippen LogP contribution in [0, 0.1) is 0 Å². The molecule has 0 spiro atoms. The smallest absolute Gasteiger partial charge is 0.164 e. The zero-order valence-electron chi connectivity index (χ0n) is 11.2. The molecule has 7 heteroatoms. The Kier molecular flexibility index (Phi) is 4.70. The highest BCUT2D eigenvalue weighted by Gasteiger charge is 2.31. The van der Waals surface area contributed by atoms with Gasteiger partial charge in [0.15, 0.2) is 9.84 Å². The first-order valence-electron chi connectivity index (χ1n) is 6.14. The lowest BCUT2D eigenvalue weighted by Crippen LogP contribution is -2.46. The van der Waals surface area contributed by atoms with E-state index in [9.17, 15) is 8.42 Å². The maximum atomic E-state index is 11.9. The van der Waals surface area contributed by atoms with Crippen molar-refractivity contribution in [1.82, 2.24) is 9.88 Å². The summed E-state index contributed by atoms with van der Waals surface area (Å²) in [7, 11) is -1.23. The Morgan fingerprint density at radius 1 is 1.58 bits per heavy atom. The van der Waals surface area contributed by atoms with Crippen LogP contribution >= 0.6 is 11.8 Å². The van der Waals surface area contributed by atoms with E-state index in [1.165, 1.54) is 6.26 Å². The summed E-state index contributed by atoms with van der Waals surface area (Å²) in [5, 5.41) is 2.65. The molecule has 1 aromatic heterocycles. The topological polar surface area (TPSA) is 62.3 Å². The van der Waals surface area contributed by atoms with Crippen molar-refractivity contribution >= 4 is 27.4 Å². The molecule has 106 valence electrons. The van der Waals surface area contributed by atoms with Crippen LogP contribution in [0.25, 0.3) is 0 Å². The minimum absolute atomic E-state index is 0.392. The van der Waals surface area contributed by atoms with E-state index < -0.39 is 15.2 Å². The SMILES string of the molecule is CNc1ncccc1CN1CCSCC1S(C)(=O)=O. The average molecular weight is 301 g/mol. The second kappa shape index (κ2) is 6.11. The Morgan fingerprint density at radius 2 is 2.37 bits per heavy atom. The second-order valence-electron chi connectivity index (χ2n) is 4.59. The average Bonchev–Trinajstić information content (AvgIpc) is 2.39. The quantitative estimate of drug-likeness (QED) is 0.897. The van der Waals surface area contributed by atoms with Gasteiger partial charge in [0.1, 0.15) is 11.2 Å². The largest absolute Gasteiger partial charge is 0.373 e. The van der Waals surface area contributed by atoms with Gasteiger partial charge in [0.25, 0.3) is 0 Å². The summed E-state index contributed by atoms with van der Waals surface area (Å²) < 4.78 is 23.7. The highest BCUT2D eigenvalue weighted by atomic mass is 32.2. The van der Waals surface area contributed by atoms with Gasteiger partial charge in [-0.3, -0.25) is 4.90 Å². The number of hydrogen-bond acceptors (Lipinski definition) is 6. The molecule has 1 aliphatic rings. The van der Waals surface area contributed by atoms with E-state index in [-0.39, 0.29) is 0 Å². The van der Waals surface area contributed by atoms with E-state index in [4.69, 9.17) is 0 Å². The molecule has 0 aliphatic carbocycles. The summed E-state index contributed by atoms with van der Waals surface area (Å²) in [4.78, 5) is 6.29. The molecule has 19 heavy (non-hydrogen) atoms. The van der Waals surface area contributed by atoms with Crippen LogP contribution in [0.3, 0.4) is 0 Å². The predicted molar refractivity (Wildman–Crippen MR) is 80.2 cm³/mol. The fourth-order valence-electron chi connectivity index (χ4n) is 2.20. The van der Waals surface area contributed by atoms with Crippen LogP contribution in [0.2, 0.25) is 0 Å². The molecule has 1 unspecified atom stereocenters. The molecule has 1 aliphatic heterocycles. The van der Waals surface area contributed by atoms with E-state index in [0.29, 0.717) is 12.3 Å². The molecular formula is C12H19N3O2S2. The summed E-state index contributed by atoms with van der Waals surface area (Å²) in [5.41, 5.74) is 1.03. The maximum absolute atomic E-state index is 11.9. The van der Waals surface area contributed by atoms with Crippen LogP contribution in [0.1, 0.15) is 5.56 Å². The Hall–Kier alpha value is -0.790. The van der Waals surface area contributed by atoms with Gasteiger partial charge in [0.2, 0.25) is 0 Å². The minimum Gasteiger partial charge on any atom is -0.373 e. The van der Waals surface area contributed by atoms with Crippen molar-refractivity contribution in [2.24, 2.45) is 0 Å². The van der Waals surface area contributed by atoms with Crippen molar-refractivity contribution < 1.29 is 8.42 Å². The molecule has 2 heterocycles. The van der Waals surface area contributed by atoms with Gasteiger partial charge in [-0.25, -0.2) is 13.4 Å². The van der Waals surface area contributed by atoms with Crippen LogP contribution in [0.5, 0.6) is 0 Å². The van der Waals surface area contributed by atoms with Gasteiger partial charge in [-0.1, -0.05) is 6.07 Å². The summed E-state index contributed by atoms with van der Waals surface area (Å²) in [5.74, 6) is 2.43. The molecule has 0 saturated carbocycles. The number of pyridine rings is 1. The Morgan fingerprint density at radius 3 is 3.05 bits per heavy atom. The van der Waals surface area contributed by atoms with Gasteiger partial charge in [-0.2, -0.15) is 11.8 Å². The van der Waals surface area contributed by atoms with Crippen LogP contribution in [-0.2, 0) is 16.4 Å². The lowest BCUT2D eigenvalue weighted by Gasteiger charge is -2.34. The van der Waals surface area contributed by atoms with E-state index in [1.54, 1.807) is 18.0 Å². The van der Waals surface area contributed by atoms with Crippen LogP contribution < -0.4 is 5.32 Å². The van der Waals surface area contributed by atoms with Gasteiger partial charge in [-0.15, -0.1) is 0 Å². The van der Waals surface area contributed by atoms with Gasteiger partial charge >= 0.3 is 0 Å². The molecule has 0 aromatic carbocycles. The molecule has 1 saturated heterocycles. The van der Waals surface area contributed by atoms with Gasteiger partial charge in [0, 0.05) is 49.7 Å². The van der Waals surface area contributed by atoms with Crippen molar-refractivity contribution in [3.05, 3.63) is 23.9 Å². The van der Waals surface area contributed by atoms with Crippen LogP contribution in [0.15, 0.2) is 18.3 Å². The Labute approximate surface area is 118 Å². The molecule has 2 rings (SSSR count). The highest BCUT2D eigenvalue weighted by Crippen LogP contribution is 2.24. The number of rotatable bonds is 4. The standard InChI is InChI=1S/C12H19N3O2S2/c1-13-12-10(4-3-5-14-12)8-15-6-7-18-9-11(15)19(2,16)17/h3-5,11H,6-9H2,1-2H3,(H,13,14). The molecule has 1 N–H and O–H groups in total. The molecule has 1 atom stereocenters. The van der Waals surface area contributed by atoms with Crippen molar-refractivity contribution in [2.75, 3.05) is 36.7 Å². The van der Waals surface area contributed by atoms with E-state index >= 15 is 0 Å². The highest BCUT2D eigenvalue weighted by molar-refractivity contribution is 8.00. The summed E-state index contributed by atoms with van der Waals surface area (Å²) in [6, 6.07) is 3.87. The van der Waals surface area contributed by atoms with E-state index in [1.807, 2.05) is 24.1 Å². The van der Waals surface area contributed by atoms with E-state index in [0.717, 1.165) is 23.7 Å². The van der Waals surface area contributed by atoms with Crippen LogP contribution in [-0.4, -0.2) is 55.0 Å². The van der Waals surface area contributed by atoms with Crippen molar-refractivity contribution in [1.29, 1.82) is 0 Å². The minimum atomic E-state index is -3.05. The monoisotopic (exact) mass is 301 g/mol. The Balaban J connectivity index is 2.20. The summed E-state index contributed by atoms with van der Waals surface area (Å²) in [6.45, 7) is 1.41. The fourth-order valence-corrected chi connectivity index (χ4v) is 5.14. The fraction of sp³-hybridized carbons (Fsp3) is 0.583. The van der Waals surface area contributed by atoms with Crippen molar-refractivity contribution in [3.63, 3.8) is 0 Å². The van der Waals surface area contributed by atoms with Gasteiger partial charge in [-0.05, 0) is 6.07 Å². The third-order valence-electron chi connectivity index (χ3n) is 3.19. The number of nitrogens with zero attached hydrogens (tertiary/aromatic N) is 2. The lowest BCUT2D eigenvalue weighted by atomic mass is 10.2. The zero-order valence-corrected chi connectivity index (χ0v) is 12.8. The maximum Gasteiger partial charge on any atom is 0.164 e. The summed E-state index contributed by atoms with van der Waals surface area (Å²) in [6.07, 6.45) is 3.05. The van der Waals surface area contributed by atoms with Crippen molar-refractivity contribution in [3.8, 4) is 0 Å². The number of anilines is 1. The third kappa shape index (κ3) is 3.61. The predicted octanol–water partition coefficient (Wildman–Crippen LogP) is 1.04. The molecule has 1 aromatic rings. The molecule has 5 nitrogen and oxygen atoms in total. The molecule has 0 amide bonds. The molecular weight excluding hydrogens is 282 g/mol. The third-order valence-corrected chi connectivity index (χ3v) is 5.87. The van der Waals surface area contributed by atoms with Gasteiger partial charge < -0.3 is 5.32 Å². The first-order chi connectivity index (χ1) is 9.02. The lowest BCUT2D eigenvalue weighted by molar-refractivity contribution is 0.262. The molecule has 0 bridgehead atoms. The van der Waals surface area contributed by atoms with Crippen LogP contribution in [0.4, 0.5) is 5.82 Å². The first-order valence-corrected chi connectivity index (χ1v) is 9.25. The first kappa shape index (κ1) is 14.6. The zero-order chi connectivity index (χ0) is 13.9. The Bertz CT molecular complexity index is 534. The molecule has 1 fully saturated rings. The second-order valence-corrected chi connectivity index (χ2v) is 7.94. The number of nitrogens with one attached hydrogen (secondary N) is 1.